The van der Waals surface area contributed by atoms with Crippen molar-refractivity contribution in [1.29, 1.82) is 0 Å². The molecule has 253 valence electrons. The van der Waals surface area contributed by atoms with Crippen LogP contribution >= 0.6 is 0 Å². The number of furan rings is 1. The number of rotatable bonds is 4. The number of fused-ring (bicyclic) bond motifs is 9. The third-order valence-corrected chi connectivity index (χ3v) is 11.7. The van der Waals surface area contributed by atoms with Gasteiger partial charge in [0.25, 0.3) is 0 Å². The number of aromatic nitrogens is 2. The van der Waals surface area contributed by atoms with E-state index in [0.29, 0.717) is 5.92 Å². The van der Waals surface area contributed by atoms with Crippen LogP contribution in [0.3, 0.4) is 0 Å². The number of hydrogen-bond acceptors (Lipinski definition) is 3. The van der Waals surface area contributed by atoms with Gasteiger partial charge in [-0.25, -0.2) is 0 Å². The summed E-state index contributed by atoms with van der Waals surface area (Å²) in [5, 5.41) is 11.3. The van der Waals surface area contributed by atoms with Crippen molar-refractivity contribution in [2.75, 3.05) is 0 Å². The quantitative estimate of drug-likeness (QED) is 0.101. The molecule has 6 aromatic carbocycles. The Labute approximate surface area is 313 Å². The first-order valence-corrected chi connectivity index (χ1v) is 20.8. The number of pyridine rings is 2. The van der Waals surface area contributed by atoms with E-state index in [4.69, 9.17) is 4.42 Å². The van der Waals surface area contributed by atoms with Crippen LogP contribution in [-0.4, -0.2) is 18.0 Å². The number of hydrogen-bond donors (Lipinski definition) is 0. The van der Waals surface area contributed by atoms with Crippen LogP contribution < -0.4 is 5.19 Å². The minimum Gasteiger partial charge on any atom is -0.501 e. The second-order valence-corrected chi connectivity index (χ2v) is 19.3. The molecule has 5 heteroatoms. The van der Waals surface area contributed by atoms with Crippen molar-refractivity contribution in [2.24, 2.45) is 0 Å². The minimum absolute atomic E-state index is 0. The van der Waals surface area contributed by atoms with Gasteiger partial charge in [0.15, 0.2) is 0 Å². The molecule has 0 saturated carbocycles. The predicted molar refractivity (Wildman–Crippen MR) is 214 cm³/mol. The Morgan fingerprint density at radius 1 is 0.588 bits per heavy atom. The minimum atomic E-state index is -1.38. The van der Waals surface area contributed by atoms with E-state index in [1.807, 2.05) is 36.7 Å². The Morgan fingerprint density at radius 2 is 1.25 bits per heavy atom. The zero-order valence-electron chi connectivity index (χ0n) is 29.4. The van der Waals surface area contributed by atoms with E-state index in [1.54, 1.807) is 0 Å². The molecule has 0 N–H and O–H groups in total. The van der Waals surface area contributed by atoms with Crippen molar-refractivity contribution >= 4 is 67.5 Å². The molecule has 0 saturated heterocycles. The van der Waals surface area contributed by atoms with Crippen molar-refractivity contribution in [3.8, 4) is 22.5 Å². The summed E-state index contributed by atoms with van der Waals surface area (Å²) in [6.45, 7) is 11.5. The zero-order valence-corrected chi connectivity index (χ0v) is 32.8. The summed E-state index contributed by atoms with van der Waals surface area (Å²) in [7, 11) is -1.38. The molecule has 0 amide bonds. The van der Waals surface area contributed by atoms with Gasteiger partial charge in [0, 0.05) is 37.9 Å². The summed E-state index contributed by atoms with van der Waals surface area (Å²) in [5.41, 5.74) is 6.96. The van der Waals surface area contributed by atoms with E-state index in [1.165, 1.54) is 43.1 Å². The van der Waals surface area contributed by atoms with Crippen molar-refractivity contribution in [3.63, 3.8) is 0 Å². The normalized spacial score (nSPS) is 11.6. The molecule has 0 aliphatic carbocycles. The van der Waals surface area contributed by atoms with Gasteiger partial charge in [0.05, 0.1) is 13.7 Å². The van der Waals surface area contributed by atoms with Gasteiger partial charge < -0.3 is 14.4 Å². The Balaban J connectivity index is 0.000000157. The van der Waals surface area contributed by atoms with Crippen LogP contribution in [0.25, 0.3) is 76.8 Å². The molecule has 3 aromatic heterocycles. The van der Waals surface area contributed by atoms with Crippen molar-refractivity contribution in [2.45, 2.75) is 39.4 Å². The molecule has 51 heavy (non-hydrogen) atoms. The average Bonchev–Trinajstić information content (AvgIpc) is 3.53. The number of nitrogens with zero attached hydrogens (tertiary/aromatic N) is 2. The second-order valence-electron chi connectivity index (χ2n) is 14.3. The summed E-state index contributed by atoms with van der Waals surface area (Å²) < 4.78 is 6.33. The van der Waals surface area contributed by atoms with Crippen LogP contribution in [0.5, 0.6) is 0 Å². The molecule has 0 atom stereocenters. The SMILES string of the molecule is CC(C)c1ccnc(-c2[c-]ccc3c2oc2cc([Si](C)(C)C)ccc23)c1.[Ir].[c-]1cc2c3ccccc3c3ccccc3c2cc1-c1ccccn1. The van der Waals surface area contributed by atoms with Crippen LogP contribution in [0.4, 0.5) is 0 Å². The maximum absolute atomic E-state index is 6.33. The molecule has 0 aliphatic heterocycles. The third-order valence-electron chi connectivity index (χ3n) is 9.62. The van der Waals surface area contributed by atoms with Crippen molar-refractivity contribution < 1.29 is 24.5 Å². The van der Waals surface area contributed by atoms with Gasteiger partial charge in [0.1, 0.15) is 5.58 Å². The molecule has 9 rings (SSSR count). The van der Waals surface area contributed by atoms with Crippen LogP contribution in [-0.2, 0) is 20.1 Å². The Hall–Kier alpha value is -4.93. The van der Waals surface area contributed by atoms with Gasteiger partial charge in [-0.2, -0.15) is 0 Å². The Morgan fingerprint density at radius 3 is 1.92 bits per heavy atom. The van der Waals surface area contributed by atoms with E-state index < -0.39 is 8.07 Å². The molecule has 0 fully saturated rings. The summed E-state index contributed by atoms with van der Waals surface area (Å²) in [4.78, 5) is 9.05. The fraction of sp³-hybridized carbons (Fsp3) is 0.130. The van der Waals surface area contributed by atoms with Gasteiger partial charge in [-0.1, -0.05) is 150 Å². The van der Waals surface area contributed by atoms with Crippen LogP contribution in [0.2, 0.25) is 19.6 Å². The summed E-state index contributed by atoms with van der Waals surface area (Å²) >= 11 is 0. The van der Waals surface area contributed by atoms with Crippen LogP contribution in [0.15, 0.2) is 138 Å². The van der Waals surface area contributed by atoms with E-state index in [-0.39, 0.29) is 20.1 Å². The van der Waals surface area contributed by atoms with Crippen molar-refractivity contribution in [1.82, 2.24) is 9.97 Å². The molecular formula is C46H38IrN2OSi-2. The first-order chi connectivity index (χ1) is 24.3. The smallest absolute Gasteiger partial charge is 0.120 e. The topological polar surface area (TPSA) is 38.9 Å². The summed E-state index contributed by atoms with van der Waals surface area (Å²) in [5.74, 6) is 0.464. The molecule has 0 aliphatic rings. The van der Waals surface area contributed by atoms with E-state index in [0.717, 1.165) is 44.5 Å². The molecule has 0 unspecified atom stereocenters. The molecular weight excluding hydrogens is 817 g/mol. The Bertz CT molecular complexity index is 2640. The maximum Gasteiger partial charge on any atom is 0.120 e. The molecule has 1 radical (unpaired) electrons. The van der Waals surface area contributed by atoms with E-state index >= 15 is 0 Å². The largest absolute Gasteiger partial charge is 0.501 e. The second kappa shape index (κ2) is 14.0. The van der Waals surface area contributed by atoms with E-state index in [2.05, 4.69) is 153 Å². The summed E-state index contributed by atoms with van der Waals surface area (Å²) in [6.07, 6.45) is 3.70. The predicted octanol–water partition coefficient (Wildman–Crippen LogP) is 12.1. The number of benzene rings is 6. The molecule has 0 spiro atoms. The molecule has 0 bridgehead atoms. The third kappa shape index (κ3) is 6.54. The summed E-state index contributed by atoms with van der Waals surface area (Å²) in [6, 6.07) is 49.3. The standard InChI is InChI=1S/C23H24NOSi.C23H14N.Ir/c1-15(2)16-11-12-24-21(13-16)20-8-6-7-19-18-10-9-17(26(3,4)5)14-22(18)25-23(19)20;1-2-9-19-17(7-1)18-8-3-4-10-20(18)22-15-16(12-13-21(19)22)23-11-5-6-14-24-23;/h6-7,9-15H,1-5H3;1-11,13-15H;/q2*-1;. The molecule has 3 heterocycles. The fourth-order valence-electron chi connectivity index (χ4n) is 6.85. The van der Waals surface area contributed by atoms with E-state index in [9.17, 15) is 0 Å². The first kappa shape index (κ1) is 34.5. The van der Waals surface area contributed by atoms with Crippen LogP contribution in [0, 0.1) is 12.1 Å². The van der Waals surface area contributed by atoms with Gasteiger partial charge in [-0.15, -0.1) is 42.0 Å². The van der Waals surface area contributed by atoms with Gasteiger partial charge in [0.2, 0.25) is 0 Å². The molecule has 3 nitrogen and oxygen atoms in total. The maximum atomic E-state index is 6.33. The fourth-order valence-corrected chi connectivity index (χ4v) is 8.00. The first-order valence-electron chi connectivity index (χ1n) is 17.3. The van der Waals surface area contributed by atoms with Gasteiger partial charge in [-0.05, 0) is 51.7 Å². The Kier molecular flexibility index (Phi) is 9.47. The zero-order chi connectivity index (χ0) is 34.4. The van der Waals surface area contributed by atoms with Gasteiger partial charge >= 0.3 is 0 Å². The average molecular weight is 855 g/mol. The monoisotopic (exact) mass is 855 g/mol. The van der Waals surface area contributed by atoms with Crippen LogP contribution in [0.1, 0.15) is 25.3 Å². The molecule has 9 aromatic rings. The van der Waals surface area contributed by atoms with Crippen molar-refractivity contribution in [3.05, 3.63) is 151 Å². The van der Waals surface area contributed by atoms with Gasteiger partial charge in [-0.3, -0.25) is 0 Å².